The van der Waals surface area contributed by atoms with Crippen molar-refractivity contribution in [3.05, 3.63) is 28.2 Å². The topological polar surface area (TPSA) is 61.8 Å². The van der Waals surface area contributed by atoms with E-state index >= 15 is 0 Å². The Balaban J connectivity index is 2.83. The van der Waals surface area contributed by atoms with Gasteiger partial charge < -0.3 is 11.1 Å². The first-order valence-electron chi connectivity index (χ1n) is 3.91. The van der Waals surface area contributed by atoms with Crippen LogP contribution in [-0.2, 0) is 0 Å². The van der Waals surface area contributed by atoms with Gasteiger partial charge in [-0.05, 0) is 18.2 Å². The first kappa shape index (κ1) is 10.0. The summed E-state index contributed by atoms with van der Waals surface area (Å²) in [5.74, 6) is 0. The largest absolute Gasteiger partial charge is 0.384 e. The van der Waals surface area contributed by atoms with Gasteiger partial charge in [-0.25, -0.2) is 0 Å². The third kappa shape index (κ3) is 3.05. The van der Waals surface area contributed by atoms with Gasteiger partial charge in [-0.2, -0.15) is 5.26 Å². The van der Waals surface area contributed by atoms with Crippen LogP contribution in [0.15, 0.2) is 22.7 Å². The fraction of sp³-hybridized carbons (Fsp3) is 0.222. The minimum absolute atomic E-state index is 0.578. The average molecular weight is 240 g/mol. The van der Waals surface area contributed by atoms with E-state index in [4.69, 9.17) is 11.0 Å². The van der Waals surface area contributed by atoms with E-state index in [0.29, 0.717) is 18.7 Å². The second-order valence-corrected chi connectivity index (χ2v) is 3.47. The van der Waals surface area contributed by atoms with Gasteiger partial charge in [-0.15, -0.1) is 0 Å². The number of nitriles is 1. The van der Waals surface area contributed by atoms with E-state index in [1.54, 1.807) is 12.1 Å². The van der Waals surface area contributed by atoms with Crippen LogP contribution in [0.1, 0.15) is 5.56 Å². The summed E-state index contributed by atoms with van der Waals surface area (Å²) in [6.07, 6.45) is 0. The predicted molar refractivity (Wildman–Crippen MR) is 56.4 cm³/mol. The molecule has 0 saturated carbocycles. The molecule has 0 heterocycles. The lowest BCUT2D eigenvalue weighted by Crippen LogP contribution is -2.13. The molecule has 13 heavy (non-hydrogen) atoms. The Morgan fingerprint density at radius 1 is 1.46 bits per heavy atom. The fourth-order valence-corrected chi connectivity index (χ4v) is 1.47. The predicted octanol–water partition coefficient (Wildman–Crippen LogP) is 1.69. The molecule has 0 fully saturated rings. The Hall–Kier alpha value is -1.05. The molecular weight excluding hydrogens is 230 g/mol. The zero-order valence-electron chi connectivity index (χ0n) is 7.05. The molecule has 0 saturated heterocycles. The van der Waals surface area contributed by atoms with Crippen LogP contribution in [0.4, 0.5) is 5.69 Å². The number of hydrogen-bond donors (Lipinski definition) is 2. The molecule has 0 bridgehead atoms. The van der Waals surface area contributed by atoms with Crippen molar-refractivity contribution in [1.29, 1.82) is 5.26 Å². The number of benzene rings is 1. The summed E-state index contributed by atoms with van der Waals surface area (Å²) >= 11 is 3.32. The van der Waals surface area contributed by atoms with E-state index < -0.39 is 0 Å². The van der Waals surface area contributed by atoms with Gasteiger partial charge in [0.2, 0.25) is 0 Å². The molecule has 0 aliphatic carbocycles. The lowest BCUT2D eigenvalue weighted by molar-refractivity contribution is 1.02. The van der Waals surface area contributed by atoms with Crippen molar-refractivity contribution in [3.63, 3.8) is 0 Å². The first-order valence-corrected chi connectivity index (χ1v) is 4.70. The van der Waals surface area contributed by atoms with Gasteiger partial charge in [0.05, 0.1) is 11.6 Å². The summed E-state index contributed by atoms with van der Waals surface area (Å²) in [5.41, 5.74) is 6.89. The van der Waals surface area contributed by atoms with Crippen LogP contribution in [0.2, 0.25) is 0 Å². The molecule has 0 spiro atoms. The highest BCUT2D eigenvalue weighted by molar-refractivity contribution is 9.10. The van der Waals surface area contributed by atoms with E-state index in [0.717, 1.165) is 10.2 Å². The lowest BCUT2D eigenvalue weighted by atomic mass is 10.2. The van der Waals surface area contributed by atoms with E-state index in [1.807, 2.05) is 6.07 Å². The number of rotatable bonds is 3. The van der Waals surface area contributed by atoms with Gasteiger partial charge >= 0.3 is 0 Å². The maximum Gasteiger partial charge on any atom is 0.0992 e. The molecule has 1 rings (SSSR count). The normalized spacial score (nSPS) is 9.31. The van der Waals surface area contributed by atoms with Gasteiger partial charge in [0, 0.05) is 23.2 Å². The molecule has 4 heteroatoms. The van der Waals surface area contributed by atoms with Crippen LogP contribution in [0, 0.1) is 11.3 Å². The van der Waals surface area contributed by atoms with Crippen molar-refractivity contribution >= 4 is 21.6 Å². The molecule has 0 radical (unpaired) electrons. The van der Waals surface area contributed by atoms with E-state index in [-0.39, 0.29) is 0 Å². The van der Waals surface area contributed by atoms with Gasteiger partial charge in [0.15, 0.2) is 0 Å². The average Bonchev–Trinajstić information content (AvgIpc) is 2.14. The molecule has 0 aromatic heterocycles. The Bertz CT molecular complexity index is 330. The lowest BCUT2D eigenvalue weighted by Gasteiger charge is -2.05. The molecule has 1 aromatic carbocycles. The van der Waals surface area contributed by atoms with Crippen LogP contribution in [-0.4, -0.2) is 13.1 Å². The zero-order chi connectivity index (χ0) is 9.68. The van der Waals surface area contributed by atoms with E-state index in [9.17, 15) is 0 Å². The van der Waals surface area contributed by atoms with Crippen LogP contribution >= 0.6 is 15.9 Å². The molecule has 0 unspecified atom stereocenters. The Morgan fingerprint density at radius 2 is 2.23 bits per heavy atom. The van der Waals surface area contributed by atoms with Crippen molar-refractivity contribution in [2.75, 3.05) is 18.4 Å². The highest BCUT2D eigenvalue weighted by atomic mass is 79.9. The van der Waals surface area contributed by atoms with Crippen LogP contribution in [0.25, 0.3) is 0 Å². The molecule has 3 N–H and O–H groups in total. The number of nitrogens with one attached hydrogen (secondary N) is 1. The Kier molecular flexibility index (Phi) is 3.74. The summed E-state index contributed by atoms with van der Waals surface area (Å²) in [7, 11) is 0. The third-order valence-electron chi connectivity index (χ3n) is 1.50. The molecule has 0 aliphatic heterocycles. The fourth-order valence-electron chi connectivity index (χ4n) is 0.973. The molecule has 0 aliphatic rings. The van der Waals surface area contributed by atoms with E-state index in [2.05, 4.69) is 27.3 Å². The summed E-state index contributed by atoms with van der Waals surface area (Å²) in [4.78, 5) is 0. The van der Waals surface area contributed by atoms with Crippen molar-refractivity contribution < 1.29 is 0 Å². The minimum Gasteiger partial charge on any atom is -0.384 e. The minimum atomic E-state index is 0.578. The number of nitrogens with zero attached hydrogens (tertiary/aromatic N) is 1. The van der Waals surface area contributed by atoms with Crippen molar-refractivity contribution in [2.45, 2.75) is 0 Å². The van der Waals surface area contributed by atoms with Crippen LogP contribution in [0.3, 0.4) is 0 Å². The van der Waals surface area contributed by atoms with Gasteiger partial charge in [0.25, 0.3) is 0 Å². The summed E-state index contributed by atoms with van der Waals surface area (Å²) in [6.45, 7) is 1.29. The third-order valence-corrected chi connectivity index (χ3v) is 1.96. The molecule has 68 valence electrons. The van der Waals surface area contributed by atoms with Crippen LogP contribution < -0.4 is 11.1 Å². The highest BCUT2D eigenvalue weighted by Gasteiger charge is 1.97. The summed E-state index contributed by atoms with van der Waals surface area (Å²) in [5, 5.41) is 11.8. The zero-order valence-corrected chi connectivity index (χ0v) is 8.63. The van der Waals surface area contributed by atoms with Crippen LogP contribution in [0.5, 0.6) is 0 Å². The molecule has 3 nitrogen and oxygen atoms in total. The second kappa shape index (κ2) is 4.85. The molecule has 0 amide bonds. The number of anilines is 1. The number of hydrogen-bond acceptors (Lipinski definition) is 3. The maximum absolute atomic E-state index is 8.69. The van der Waals surface area contributed by atoms with Gasteiger partial charge in [-0.3, -0.25) is 0 Å². The molecular formula is C9H10BrN3. The Labute approximate surface area is 85.7 Å². The SMILES string of the molecule is N#Cc1cc(Br)cc(NCCN)c1. The molecule has 0 atom stereocenters. The van der Waals surface area contributed by atoms with Gasteiger partial charge in [0.1, 0.15) is 0 Å². The monoisotopic (exact) mass is 239 g/mol. The standard InChI is InChI=1S/C9H10BrN3/c10-8-3-7(6-12)4-9(5-8)13-2-1-11/h3-5,13H,1-2,11H2. The Morgan fingerprint density at radius 3 is 2.85 bits per heavy atom. The van der Waals surface area contributed by atoms with Crippen molar-refractivity contribution in [2.24, 2.45) is 5.73 Å². The second-order valence-electron chi connectivity index (χ2n) is 2.56. The maximum atomic E-state index is 8.69. The van der Waals surface area contributed by atoms with Crippen molar-refractivity contribution in [1.82, 2.24) is 0 Å². The quantitative estimate of drug-likeness (QED) is 0.845. The highest BCUT2D eigenvalue weighted by Crippen LogP contribution is 2.18. The number of nitrogens with two attached hydrogens (primary N) is 1. The summed E-state index contributed by atoms with van der Waals surface area (Å²) in [6, 6.07) is 7.56. The molecule has 1 aromatic rings. The van der Waals surface area contributed by atoms with Crippen molar-refractivity contribution in [3.8, 4) is 6.07 Å². The first-order chi connectivity index (χ1) is 6.26. The van der Waals surface area contributed by atoms with E-state index in [1.165, 1.54) is 0 Å². The summed E-state index contributed by atoms with van der Waals surface area (Å²) < 4.78 is 0.895. The smallest absolute Gasteiger partial charge is 0.0992 e. The van der Waals surface area contributed by atoms with Gasteiger partial charge in [-0.1, -0.05) is 15.9 Å². The number of halogens is 1.